The standard InChI is InChI=1S/C10H7NO2/c1-2-8-10(12)7-5-3-4-6-9(7)11(8)13/h2-6H,1H2. The lowest BCUT2D eigenvalue weighted by molar-refractivity contribution is -0.355. The molecule has 0 fully saturated rings. The van der Waals surface area contributed by atoms with E-state index < -0.39 is 0 Å². The number of allylic oxidation sites excluding steroid dienone is 1. The zero-order valence-corrected chi connectivity index (χ0v) is 6.86. The highest BCUT2D eigenvalue weighted by molar-refractivity contribution is 6.50. The monoisotopic (exact) mass is 173 g/mol. The van der Waals surface area contributed by atoms with Gasteiger partial charge >= 0.3 is 0 Å². The molecule has 0 bridgehead atoms. The summed E-state index contributed by atoms with van der Waals surface area (Å²) in [5.41, 5.74) is 0.955. The summed E-state index contributed by atoms with van der Waals surface area (Å²) in [5, 5.41) is 11.4. The predicted molar refractivity (Wildman–Crippen MR) is 49.3 cm³/mol. The minimum Gasteiger partial charge on any atom is -0.618 e. The molecular weight excluding hydrogens is 166 g/mol. The minimum absolute atomic E-state index is 0.0983. The fourth-order valence-corrected chi connectivity index (χ4v) is 1.38. The largest absolute Gasteiger partial charge is 0.618 e. The minimum atomic E-state index is -0.249. The second-order valence-corrected chi connectivity index (χ2v) is 2.73. The van der Waals surface area contributed by atoms with Gasteiger partial charge in [0.25, 0.3) is 11.5 Å². The van der Waals surface area contributed by atoms with E-state index in [-0.39, 0.29) is 11.5 Å². The van der Waals surface area contributed by atoms with Crippen molar-refractivity contribution in [2.45, 2.75) is 0 Å². The van der Waals surface area contributed by atoms with Crippen molar-refractivity contribution in [3.8, 4) is 0 Å². The van der Waals surface area contributed by atoms with Gasteiger partial charge in [0.2, 0.25) is 5.69 Å². The summed E-state index contributed by atoms with van der Waals surface area (Å²) in [6.45, 7) is 3.43. The summed E-state index contributed by atoms with van der Waals surface area (Å²) >= 11 is 0. The summed E-state index contributed by atoms with van der Waals surface area (Å²) < 4.78 is 0.616. The van der Waals surface area contributed by atoms with Crippen molar-refractivity contribution in [1.29, 1.82) is 0 Å². The van der Waals surface area contributed by atoms with Crippen LogP contribution in [0.15, 0.2) is 36.9 Å². The lowest BCUT2D eigenvalue weighted by Gasteiger charge is -1.97. The van der Waals surface area contributed by atoms with Gasteiger partial charge in [-0.05, 0) is 6.07 Å². The summed E-state index contributed by atoms with van der Waals surface area (Å²) in [4.78, 5) is 11.5. The van der Waals surface area contributed by atoms with Crippen molar-refractivity contribution in [2.24, 2.45) is 0 Å². The molecular formula is C10H7NO2. The van der Waals surface area contributed by atoms with Gasteiger partial charge in [-0.25, -0.2) is 0 Å². The molecule has 0 aromatic heterocycles. The Morgan fingerprint density at radius 3 is 2.69 bits per heavy atom. The average Bonchev–Trinajstić information content (AvgIpc) is 2.41. The quantitative estimate of drug-likeness (QED) is 0.478. The van der Waals surface area contributed by atoms with Crippen molar-refractivity contribution >= 4 is 17.2 Å². The van der Waals surface area contributed by atoms with Crippen LogP contribution in [0, 0.1) is 5.21 Å². The number of carbonyl (C=O) groups is 1. The lowest BCUT2D eigenvalue weighted by atomic mass is 10.1. The summed E-state index contributed by atoms with van der Waals surface area (Å²) in [7, 11) is 0. The molecule has 1 aromatic rings. The molecule has 0 aliphatic carbocycles. The molecule has 1 heterocycles. The Balaban J connectivity index is 2.71. The van der Waals surface area contributed by atoms with Gasteiger partial charge in [-0.15, -0.1) is 0 Å². The SMILES string of the molecule is C=CC1=[N+]([O-])c2ccccc2C1=O. The Morgan fingerprint density at radius 2 is 2.08 bits per heavy atom. The molecule has 64 valence electrons. The summed E-state index contributed by atoms with van der Waals surface area (Å²) in [6.07, 6.45) is 1.29. The van der Waals surface area contributed by atoms with Crippen LogP contribution in [0.2, 0.25) is 0 Å². The van der Waals surface area contributed by atoms with Crippen LogP contribution in [0.3, 0.4) is 0 Å². The smallest absolute Gasteiger partial charge is 0.265 e. The molecule has 1 aliphatic heterocycles. The Labute approximate surface area is 75.2 Å². The van der Waals surface area contributed by atoms with Gasteiger partial charge in [0.15, 0.2) is 0 Å². The number of fused-ring (bicyclic) bond motifs is 1. The van der Waals surface area contributed by atoms with Crippen LogP contribution in [-0.2, 0) is 0 Å². The second-order valence-electron chi connectivity index (χ2n) is 2.73. The molecule has 3 nitrogen and oxygen atoms in total. The molecule has 2 rings (SSSR count). The van der Waals surface area contributed by atoms with Crippen molar-refractivity contribution in [3.05, 3.63) is 47.7 Å². The molecule has 0 atom stereocenters. The first-order valence-corrected chi connectivity index (χ1v) is 3.86. The average molecular weight is 173 g/mol. The molecule has 3 heteroatoms. The van der Waals surface area contributed by atoms with E-state index in [1.165, 1.54) is 6.08 Å². The Morgan fingerprint density at radius 1 is 1.38 bits per heavy atom. The first kappa shape index (κ1) is 7.73. The van der Waals surface area contributed by atoms with Crippen molar-refractivity contribution in [1.82, 2.24) is 0 Å². The molecule has 0 spiro atoms. The Bertz CT molecular complexity index is 432. The molecule has 0 N–H and O–H groups in total. The van der Waals surface area contributed by atoms with E-state index in [0.717, 1.165) is 0 Å². The number of hydrogen-bond acceptors (Lipinski definition) is 2. The van der Waals surface area contributed by atoms with Crippen molar-refractivity contribution in [3.63, 3.8) is 0 Å². The normalized spacial score (nSPS) is 14.6. The number of carbonyl (C=O) groups excluding carboxylic acids is 1. The van der Waals surface area contributed by atoms with E-state index in [9.17, 15) is 10.0 Å². The highest BCUT2D eigenvalue weighted by Gasteiger charge is 2.32. The number of hydrogen-bond donors (Lipinski definition) is 0. The second kappa shape index (κ2) is 2.55. The first-order chi connectivity index (χ1) is 6.25. The van der Waals surface area contributed by atoms with Crippen LogP contribution >= 0.6 is 0 Å². The van der Waals surface area contributed by atoms with Crippen LogP contribution in [0.4, 0.5) is 5.69 Å². The summed E-state index contributed by atoms with van der Waals surface area (Å²) in [6, 6.07) is 6.72. The maximum Gasteiger partial charge on any atom is 0.265 e. The number of para-hydroxylation sites is 1. The number of benzene rings is 1. The van der Waals surface area contributed by atoms with Gasteiger partial charge in [-0.1, -0.05) is 18.7 Å². The molecule has 0 radical (unpaired) electrons. The van der Waals surface area contributed by atoms with Crippen LogP contribution < -0.4 is 0 Å². The Kier molecular flexibility index (Phi) is 1.52. The highest BCUT2D eigenvalue weighted by Crippen LogP contribution is 2.25. The third-order valence-corrected chi connectivity index (χ3v) is 2.01. The molecule has 1 aromatic carbocycles. The van der Waals surface area contributed by atoms with E-state index in [4.69, 9.17) is 0 Å². The maximum absolute atomic E-state index is 11.5. The van der Waals surface area contributed by atoms with Gasteiger partial charge in [0.05, 0.1) is 0 Å². The topological polar surface area (TPSA) is 43.1 Å². The van der Waals surface area contributed by atoms with E-state index in [1.54, 1.807) is 24.3 Å². The molecule has 1 aliphatic rings. The summed E-state index contributed by atoms with van der Waals surface area (Å²) in [5.74, 6) is -0.249. The first-order valence-electron chi connectivity index (χ1n) is 3.86. The van der Waals surface area contributed by atoms with Crippen molar-refractivity contribution in [2.75, 3.05) is 0 Å². The lowest BCUT2D eigenvalue weighted by Crippen LogP contribution is -2.10. The van der Waals surface area contributed by atoms with Gasteiger partial charge in [-0.2, -0.15) is 4.74 Å². The predicted octanol–water partition coefficient (Wildman–Crippen LogP) is 1.65. The molecule has 0 saturated carbocycles. The van der Waals surface area contributed by atoms with E-state index in [2.05, 4.69) is 6.58 Å². The third-order valence-electron chi connectivity index (χ3n) is 2.01. The number of nitrogens with zero attached hydrogens (tertiary/aromatic N) is 1. The van der Waals surface area contributed by atoms with Gasteiger partial charge in [0.1, 0.15) is 5.56 Å². The fourth-order valence-electron chi connectivity index (χ4n) is 1.38. The maximum atomic E-state index is 11.5. The Hall–Kier alpha value is -1.90. The fraction of sp³-hybridized carbons (Fsp3) is 0. The number of Topliss-reactive ketones (excluding diaryl/α,β-unsaturated/α-hetero) is 1. The van der Waals surface area contributed by atoms with Crippen molar-refractivity contribution < 1.29 is 9.53 Å². The van der Waals surface area contributed by atoms with Crippen LogP contribution in [0.1, 0.15) is 10.4 Å². The highest BCUT2D eigenvalue weighted by atomic mass is 16.5. The van der Waals surface area contributed by atoms with Gasteiger partial charge < -0.3 is 5.21 Å². The number of rotatable bonds is 1. The molecule has 13 heavy (non-hydrogen) atoms. The zero-order chi connectivity index (χ0) is 9.42. The molecule has 0 amide bonds. The third kappa shape index (κ3) is 0.902. The van der Waals surface area contributed by atoms with Crippen LogP contribution in [-0.4, -0.2) is 16.2 Å². The number of ketones is 1. The zero-order valence-electron chi connectivity index (χ0n) is 6.86. The molecule has 0 unspecified atom stereocenters. The van der Waals surface area contributed by atoms with E-state index >= 15 is 0 Å². The van der Waals surface area contributed by atoms with E-state index in [0.29, 0.717) is 16.0 Å². The van der Waals surface area contributed by atoms with Crippen LogP contribution in [0.5, 0.6) is 0 Å². The van der Waals surface area contributed by atoms with E-state index in [1.807, 2.05) is 0 Å². The van der Waals surface area contributed by atoms with Gasteiger partial charge in [-0.3, -0.25) is 4.79 Å². The molecule has 0 saturated heterocycles. The van der Waals surface area contributed by atoms with Gasteiger partial charge in [0, 0.05) is 12.1 Å². The van der Waals surface area contributed by atoms with Crippen LogP contribution in [0.25, 0.3) is 0 Å².